The van der Waals surface area contributed by atoms with Crippen molar-refractivity contribution >= 4 is 28.0 Å². The average molecular weight is 384 g/mol. The summed E-state index contributed by atoms with van der Waals surface area (Å²) < 4.78 is 35.7. The number of sulfonamides is 1. The number of rotatable bonds is 6. The van der Waals surface area contributed by atoms with E-state index in [4.69, 9.17) is 4.74 Å². The molecule has 10 heteroatoms. The van der Waals surface area contributed by atoms with Crippen molar-refractivity contribution in [3.05, 3.63) is 29.8 Å². The van der Waals surface area contributed by atoms with Crippen LogP contribution in [0.5, 0.6) is 0 Å². The van der Waals surface area contributed by atoms with Crippen LogP contribution in [-0.2, 0) is 24.3 Å². The summed E-state index contributed by atoms with van der Waals surface area (Å²) in [5.41, 5.74) is -0.0139. The summed E-state index contributed by atoms with van der Waals surface area (Å²) in [6.07, 6.45) is -0.782. The molecule has 0 N–H and O–H groups in total. The third-order valence-corrected chi connectivity index (χ3v) is 5.89. The minimum atomic E-state index is -3.76. The van der Waals surface area contributed by atoms with E-state index in [1.807, 2.05) is 0 Å². The van der Waals surface area contributed by atoms with Crippen molar-refractivity contribution in [2.75, 3.05) is 26.8 Å². The molecule has 1 saturated heterocycles. The van der Waals surface area contributed by atoms with Crippen LogP contribution in [0.1, 0.15) is 24.2 Å². The fourth-order valence-corrected chi connectivity index (χ4v) is 3.55. The maximum atomic E-state index is 12.5. The molecule has 1 fully saturated rings. The molecule has 1 aliphatic heterocycles. The molecule has 1 aromatic rings. The highest BCUT2D eigenvalue weighted by atomic mass is 32.2. The van der Waals surface area contributed by atoms with Crippen LogP contribution in [0, 0.1) is 0 Å². The van der Waals surface area contributed by atoms with Crippen molar-refractivity contribution in [3.8, 4) is 0 Å². The molecule has 0 atom stereocenters. The van der Waals surface area contributed by atoms with Crippen LogP contribution in [0.3, 0.4) is 0 Å². The molecule has 142 valence electrons. The molecule has 0 bridgehead atoms. The third-order valence-electron chi connectivity index (χ3n) is 3.86. The number of benzene rings is 1. The van der Waals surface area contributed by atoms with Gasteiger partial charge in [-0.25, -0.2) is 22.9 Å². The maximum absolute atomic E-state index is 12.5. The van der Waals surface area contributed by atoms with Gasteiger partial charge in [-0.15, -0.1) is 0 Å². The van der Waals surface area contributed by atoms with Gasteiger partial charge < -0.3 is 9.47 Å². The lowest BCUT2D eigenvalue weighted by molar-refractivity contribution is -0.131. The number of carbonyl (C=O) groups is 3. The predicted molar refractivity (Wildman–Crippen MR) is 89.9 cm³/mol. The molecule has 0 aromatic heterocycles. The first kappa shape index (κ1) is 19.9. The van der Waals surface area contributed by atoms with Gasteiger partial charge in [-0.05, 0) is 32.0 Å². The first-order valence-corrected chi connectivity index (χ1v) is 9.31. The van der Waals surface area contributed by atoms with Crippen LogP contribution in [0.4, 0.5) is 4.79 Å². The van der Waals surface area contributed by atoms with E-state index in [0.717, 1.165) is 4.90 Å². The Kier molecular flexibility index (Phi) is 5.98. The number of hydrogen-bond acceptors (Lipinski definition) is 7. The van der Waals surface area contributed by atoms with Gasteiger partial charge in [-0.3, -0.25) is 4.79 Å². The van der Waals surface area contributed by atoms with Crippen molar-refractivity contribution in [2.45, 2.75) is 24.8 Å². The van der Waals surface area contributed by atoms with Gasteiger partial charge in [-0.1, -0.05) is 6.07 Å². The van der Waals surface area contributed by atoms with Crippen LogP contribution in [0.25, 0.3) is 0 Å². The molecule has 0 saturated carbocycles. The van der Waals surface area contributed by atoms with Crippen molar-refractivity contribution in [2.24, 2.45) is 0 Å². The highest BCUT2D eigenvalue weighted by Crippen LogP contribution is 2.18. The second kappa shape index (κ2) is 7.83. The number of cyclic esters (lactones) is 1. The fourth-order valence-electron chi connectivity index (χ4n) is 2.14. The molecule has 0 unspecified atom stereocenters. The van der Waals surface area contributed by atoms with Gasteiger partial charge >= 0.3 is 12.1 Å². The highest BCUT2D eigenvalue weighted by molar-refractivity contribution is 7.89. The van der Waals surface area contributed by atoms with Gasteiger partial charge in [0.05, 0.1) is 17.0 Å². The van der Waals surface area contributed by atoms with Crippen LogP contribution in [0.15, 0.2) is 29.2 Å². The third kappa shape index (κ3) is 4.20. The fraction of sp³-hybridized carbons (Fsp3) is 0.438. The van der Waals surface area contributed by atoms with Gasteiger partial charge in [0.25, 0.3) is 5.91 Å². The summed E-state index contributed by atoms with van der Waals surface area (Å²) in [4.78, 5) is 36.0. The summed E-state index contributed by atoms with van der Waals surface area (Å²) >= 11 is 0. The van der Waals surface area contributed by atoms with Crippen LogP contribution < -0.4 is 0 Å². The molecule has 2 rings (SSSR count). The highest BCUT2D eigenvalue weighted by Gasteiger charge is 2.29. The van der Waals surface area contributed by atoms with Gasteiger partial charge in [0.2, 0.25) is 10.0 Å². The van der Waals surface area contributed by atoms with E-state index in [9.17, 15) is 22.8 Å². The smallest absolute Gasteiger partial charge is 0.416 e. The van der Waals surface area contributed by atoms with E-state index < -0.39 is 34.6 Å². The summed E-state index contributed by atoms with van der Waals surface area (Å²) in [6.45, 7) is 3.01. The Morgan fingerprint density at radius 3 is 2.62 bits per heavy atom. The summed E-state index contributed by atoms with van der Waals surface area (Å²) in [5.74, 6) is -1.57. The minimum absolute atomic E-state index is 0.0139. The van der Waals surface area contributed by atoms with E-state index in [1.54, 1.807) is 13.8 Å². The SMILES string of the molecule is CC(C)N(C)S(=O)(=O)c1cccc(C(=O)OCC(=O)N2CCOC2=O)c1. The van der Waals surface area contributed by atoms with Crippen molar-refractivity contribution in [1.82, 2.24) is 9.21 Å². The summed E-state index contributed by atoms with van der Waals surface area (Å²) in [6, 6.07) is 5.10. The van der Waals surface area contributed by atoms with Crippen LogP contribution in [-0.4, -0.2) is 68.4 Å². The quantitative estimate of drug-likeness (QED) is 0.669. The average Bonchev–Trinajstić information content (AvgIpc) is 3.04. The van der Waals surface area contributed by atoms with Crippen molar-refractivity contribution in [3.63, 3.8) is 0 Å². The molecule has 9 nitrogen and oxygen atoms in total. The van der Waals surface area contributed by atoms with E-state index in [-0.39, 0.29) is 29.7 Å². The number of esters is 1. The van der Waals surface area contributed by atoms with Gasteiger partial charge in [0, 0.05) is 13.1 Å². The van der Waals surface area contributed by atoms with E-state index >= 15 is 0 Å². The topological polar surface area (TPSA) is 110 Å². The Labute approximate surface area is 151 Å². The second-order valence-corrected chi connectivity index (χ2v) is 7.88. The Balaban J connectivity index is 2.08. The summed E-state index contributed by atoms with van der Waals surface area (Å²) in [7, 11) is -2.31. The molecule has 1 aliphatic rings. The molecule has 1 aromatic carbocycles. The normalized spacial score (nSPS) is 14.7. The maximum Gasteiger partial charge on any atom is 0.416 e. The van der Waals surface area contributed by atoms with Gasteiger partial charge in [-0.2, -0.15) is 4.31 Å². The van der Waals surface area contributed by atoms with E-state index in [0.29, 0.717) is 0 Å². The predicted octanol–water partition coefficient (Wildman–Crippen LogP) is 0.851. The second-order valence-electron chi connectivity index (χ2n) is 5.88. The molecule has 1 heterocycles. The minimum Gasteiger partial charge on any atom is -0.452 e. The van der Waals surface area contributed by atoms with E-state index in [1.165, 1.54) is 35.6 Å². The lowest BCUT2D eigenvalue weighted by Crippen LogP contribution is -2.35. The van der Waals surface area contributed by atoms with Crippen molar-refractivity contribution < 1.29 is 32.3 Å². The molecular weight excluding hydrogens is 364 g/mol. The Bertz CT molecular complexity index is 820. The van der Waals surface area contributed by atoms with E-state index in [2.05, 4.69) is 4.74 Å². The number of amides is 2. The molecule has 2 amide bonds. The molecule has 0 aliphatic carbocycles. The number of imide groups is 1. The van der Waals surface area contributed by atoms with Gasteiger partial charge in [0.1, 0.15) is 6.61 Å². The first-order chi connectivity index (χ1) is 12.1. The zero-order valence-electron chi connectivity index (χ0n) is 14.7. The summed E-state index contributed by atoms with van der Waals surface area (Å²) in [5, 5.41) is 0. The number of nitrogens with zero attached hydrogens (tertiary/aromatic N) is 2. The Hall–Kier alpha value is -2.46. The monoisotopic (exact) mass is 384 g/mol. The zero-order valence-corrected chi connectivity index (χ0v) is 15.5. The molecule has 26 heavy (non-hydrogen) atoms. The number of carbonyl (C=O) groups excluding carboxylic acids is 3. The Morgan fingerprint density at radius 1 is 1.35 bits per heavy atom. The lowest BCUT2D eigenvalue weighted by atomic mass is 10.2. The zero-order chi connectivity index (χ0) is 19.5. The van der Waals surface area contributed by atoms with Crippen LogP contribution in [0.2, 0.25) is 0 Å². The van der Waals surface area contributed by atoms with Gasteiger partial charge in [0.15, 0.2) is 6.61 Å². The molecule has 0 spiro atoms. The first-order valence-electron chi connectivity index (χ1n) is 7.87. The van der Waals surface area contributed by atoms with Crippen LogP contribution >= 0.6 is 0 Å². The molecule has 0 radical (unpaired) electrons. The number of ether oxygens (including phenoxy) is 2. The molecular formula is C16H20N2O7S. The number of hydrogen-bond donors (Lipinski definition) is 0. The van der Waals surface area contributed by atoms with Crippen molar-refractivity contribution in [1.29, 1.82) is 0 Å². The largest absolute Gasteiger partial charge is 0.452 e. The lowest BCUT2D eigenvalue weighted by Gasteiger charge is -2.21. The Morgan fingerprint density at radius 2 is 2.04 bits per heavy atom. The standard InChI is InChI=1S/C16H20N2O7S/c1-11(2)17(3)26(22,23)13-6-4-5-12(9-13)15(20)25-10-14(19)18-7-8-24-16(18)21/h4-6,9,11H,7-8,10H2,1-3H3.